The van der Waals surface area contributed by atoms with E-state index in [0.717, 1.165) is 22.1 Å². The lowest BCUT2D eigenvalue weighted by Crippen LogP contribution is -2.13. The van der Waals surface area contributed by atoms with Crippen LogP contribution in [0, 0.1) is 0 Å². The summed E-state index contributed by atoms with van der Waals surface area (Å²) in [5.74, 6) is 0. The number of aromatic nitrogens is 4. The normalized spacial score (nSPS) is 11.8. The first-order chi connectivity index (χ1) is 15.1. The van der Waals surface area contributed by atoms with Gasteiger partial charge in [0.25, 0.3) is 0 Å². The molecule has 0 spiro atoms. The van der Waals surface area contributed by atoms with Gasteiger partial charge in [0.05, 0.1) is 23.6 Å². The maximum Gasteiger partial charge on any atom is 0.345 e. The molecule has 1 unspecified atom stereocenters. The first kappa shape index (κ1) is 21.8. The summed E-state index contributed by atoms with van der Waals surface area (Å²) < 4.78 is 2.03. The molecule has 2 heterocycles. The minimum atomic E-state index is -0.404. The van der Waals surface area contributed by atoms with Crippen LogP contribution in [0.25, 0.3) is 22.2 Å². The van der Waals surface area contributed by atoms with E-state index < -0.39 is 5.69 Å². The molecule has 160 valence electrons. The van der Waals surface area contributed by atoms with Gasteiger partial charge in [-0.3, -0.25) is 0 Å². The number of benzene rings is 3. The summed E-state index contributed by atoms with van der Waals surface area (Å²) in [7, 11) is 0. The topological polar surface area (TPSA) is 95.1 Å². The van der Waals surface area contributed by atoms with Gasteiger partial charge in [0.2, 0.25) is 0 Å². The van der Waals surface area contributed by atoms with Crippen molar-refractivity contribution >= 4 is 34.1 Å². The van der Waals surface area contributed by atoms with Crippen LogP contribution in [0.5, 0.6) is 0 Å². The minimum Gasteiger partial charge on any atom is -0.412 e. The van der Waals surface area contributed by atoms with E-state index in [1.807, 2.05) is 71.4 Å². The molecule has 32 heavy (non-hydrogen) atoms. The monoisotopic (exact) mass is 464 g/mol. The third-order valence-electron chi connectivity index (χ3n) is 5.18. The zero-order valence-corrected chi connectivity index (χ0v) is 18.2. The summed E-state index contributed by atoms with van der Waals surface area (Å²) in [5, 5.41) is 2.09. The quantitative estimate of drug-likeness (QED) is 0.409. The zero-order valence-electron chi connectivity index (χ0n) is 16.7. The Bertz CT molecular complexity index is 1430. The number of rotatable bonds is 4. The molecule has 0 amide bonds. The van der Waals surface area contributed by atoms with Gasteiger partial charge >= 0.3 is 5.69 Å². The molecule has 1 atom stereocenters. The zero-order chi connectivity index (χ0) is 21.4. The predicted molar refractivity (Wildman–Crippen MR) is 127 cm³/mol. The van der Waals surface area contributed by atoms with Crippen molar-refractivity contribution in [3.63, 3.8) is 0 Å². The van der Waals surface area contributed by atoms with E-state index in [0.29, 0.717) is 21.3 Å². The van der Waals surface area contributed by atoms with Gasteiger partial charge in [-0.1, -0.05) is 53.5 Å². The Morgan fingerprint density at radius 2 is 1.69 bits per heavy atom. The Hall–Kier alpha value is -3.45. The van der Waals surface area contributed by atoms with Crippen molar-refractivity contribution < 1.29 is 5.48 Å². The summed E-state index contributed by atoms with van der Waals surface area (Å²) in [5.41, 5.74) is 3.75. The maximum atomic E-state index is 12.2. The van der Waals surface area contributed by atoms with Gasteiger partial charge in [-0.2, -0.15) is 4.98 Å². The first-order valence-corrected chi connectivity index (χ1v) is 10.4. The van der Waals surface area contributed by atoms with E-state index in [-0.39, 0.29) is 11.5 Å². The summed E-state index contributed by atoms with van der Waals surface area (Å²) in [6, 6.07) is 20.9. The Labute approximate surface area is 193 Å². The second-order valence-electron chi connectivity index (χ2n) is 7.17. The molecule has 0 aliphatic carbocycles. The molecule has 5 rings (SSSR count). The average Bonchev–Trinajstić information content (AvgIpc) is 3.29. The van der Waals surface area contributed by atoms with Crippen LogP contribution in [0.15, 0.2) is 90.2 Å². The van der Waals surface area contributed by atoms with E-state index in [1.165, 1.54) is 0 Å². The maximum absolute atomic E-state index is 12.2. The highest BCUT2D eigenvalue weighted by Crippen LogP contribution is 2.32. The standard InChI is InChI=1S/C24H16Cl2N4O.H2O/c25-18-7-4-15(5-8-18)23(30-11-10-27-14-30)17-6-9-21-20(13-17)22(29-24(31)28-21)16-2-1-3-19(26)12-16;/h1-14,23H,(H,28,29,31);1H2. The number of aromatic amines is 1. The fraction of sp³-hybridized carbons (Fsp3) is 0.0417. The van der Waals surface area contributed by atoms with Crippen LogP contribution in [0.1, 0.15) is 17.2 Å². The predicted octanol–water partition coefficient (Wildman–Crippen LogP) is 4.91. The number of hydrogen-bond acceptors (Lipinski definition) is 3. The average molecular weight is 465 g/mol. The van der Waals surface area contributed by atoms with Crippen LogP contribution in [0.2, 0.25) is 10.0 Å². The largest absolute Gasteiger partial charge is 0.412 e. The number of fused-ring (bicyclic) bond motifs is 1. The fourth-order valence-corrected chi connectivity index (χ4v) is 4.12. The highest BCUT2D eigenvalue weighted by atomic mass is 35.5. The second-order valence-corrected chi connectivity index (χ2v) is 8.04. The van der Waals surface area contributed by atoms with Gasteiger partial charge in [0, 0.05) is 33.4 Å². The highest BCUT2D eigenvalue weighted by Gasteiger charge is 2.18. The number of H-pyrrole nitrogens is 1. The molecule has 0 fully saturated rings. The van der Waals surface area contributed by atoms with Crippen molar-refractivity contribution in [1.29, 1.82) is 0 Å². The van der Waals surface area contributed by atoms with Gasteiger partial charge in [0.1, 0.15) is 0 Å². The van der Waals surface area contributed by atoms with Crippen LogP contribution in [0.3, 0.4) is 0 Å². The van der Waals surface area contributed by atoms with Crippen molar-refractivity contribution in [2.75, 3.05) is 0 Å². The number of imidazole rings is 1. The van der Waals surface area contributed by atoms with Gasteiger partial charge in [-0.15, -0.1) is 0 Å². The third kappa shape index (κ3) is 4.16. The first-order valence-electron chi connectivity index (χ1n) is 9.61. The van der Waals surface area contributed by atoms with Crippen LogP contribution in [-0.2, 0) is 0 Å². The SMILES string of the molecule is O.O=c1nc(-c2cccc(Cl)c2)c2cc(C(c3ccc(Cl)cc3)n3ccnc3)ccc2[nH]1. The Morgan fingerprint density at radius 3 is 2.41 bits per heavy atom. The van der Waals surface area contributed by atoms with Crippen molar-refractivity contribution in [3.05, 3.63) is 117 Å². The molecule has 2 aromatic heterocycles. The summed E-state index contributed by atoms with van der Waals surface area (Å²) in [6.07, 6.45) is 5.46. The summed E-state index contributed by atoms with van der Waals surface area (Å²) >= 11 is 12.3. The molecule has 8 heteroatoms. The van der Waals surface area contributed by atoms with E-state index in [4.69, 9.17) is 23.2 Å². The number of nitrogens with one attached hydrogen (secondary N) is 1. The molecule has 0 aliphatic rings. The van der Waals surface area contributed by atoms with E-state index in [9.17, 15) is 4.79 Å². The lowest BCUT2D eigenvalue weighted by Gasteiger charge is -2.20. The van der Waals surface area contributed by atoms with E-state index >= 15 is 0 Å². The third-order valence-corrected chi connectivity index (χ3v) is 5.66. The molecule has 3 aromatic carbocycles. The van der Waals surface area contributed by atoms with Crippen molar-refractivity contribution in [3.8, 4) is 11.3 Å². The summed E-state index contributed by atoms with van der Waals surface area (Å²) in [6.45, 7) is 0. The minimum absolute atomic E-state index is 0. The lowest BCUT2D eigenvalue weighted by molar-refractivity contribution is 0.677. The second kappa shape index (κ2) is 8.96. The Kier molecular flexibility index (Phi) is 6.10. The van der Waals surface area contributed by atoms with Crippen molar-refractivity contribution in [2.24, 2.45) is 0 Å². The smallest absolute Gasteiger partial charge is 0.345 e. The summed E-state index contributed by atoms with van der Waals surface area (Å²) in [4.78, 5) is 23.5. The van der Waals surface area contributed by atoms with E-state index in [2.05, 4.69) is 15.0 Å². The van der Waals surface area contributed by atoms with Gasteiger partial charge < -0.3 is 15.0 Å². The molecule has 0 bridgehead atoms. The lowest BCUT2D eigenvalue weighted by atomic mass is 9.96. The molecule has 0 radical (unpaired) electrons. The van der Waals surface area contributed by atoms with Crippen molar-refractivity contribution in [1.82, 2.24) is 19.5 Å². The molecule has 0 saturated carbocycles. The van der Waals surface area contributed by atoms with Crippen molar-refractivity contribution in [2.45, 2.75) is 6.04 Å². The molecule has 0 aliphatic heterocycles. The number of hydrogen-bond donors (Lipinski definition) is 1. The molecule has 5 aromatic rings. The van der Waals surface area contributed by atoms with E-state index in [1.54, 1.807) is 18.6 Å². The van der Waals surface area contributed by atoms with Crippen LogP contribution in [-0.4, -0.2) is 25.0 Å². The van der Waals surface area contributed by atoms with Gasteiger partial charge in [0.15, 0.2) is 0 Å². The Morgan fingerprint density at radius 1 is 0.906 bits per heavy atom. The highest BCUT2D eigenvalue weighted by molar-refractivity contribution is 6.31. The van der Waals surface area contributed by atoms with Crippen LogP contribution >= 0.6 is 23.2 Å². The number of nitrogens with zero attached hydrogens (tertiary/aromatic N) is 3. The van der Waals surface area contributed by atoms with Crippen LogP contribution < -0.4 is 5.69 Å². The van der Waals surface area contributed by atoms with Gasteiger partial charge in [-0.05, 0) is 47.5 Å². The molecule has 6 nitrogen and oxygen atoms in total. The molecule has 3 N–H and O–H groups in total. The fourth-order valence-electron chi connectivity index (χ4n) is 3.80. The molecular weight excluding hydrogens is 447 g/mol. The Balaban J connectivity index is 0.00000245. The molecular formula is C24H18Cl2N4O2. The number of halogens is 2. The van der Waals surface area contributed by atoms with Crippen LogP contribution in [0.4, 0.5) is 0 Å². The van der Waals surface area contributed by atoms with Gasteiger partial charge in [-0.25, -0.2) is 9.78 Å². The molecule has 0 saturated heterocycles.